The summed E-state index contributed by atoms with van der Waals surface area (Å²) in [7, 11) is 0. The molecule has 138 valence electrons. The molecule has 6 heteroatoms. The molecule has 0 atom stereocenters. The summed E-state index contributed by atoms with van der Waals surface area (Å²) >= 11 is 1.65. The lowest BCUT2D eigenvalue weighted by Crippen LogP contribution is -2.20. The molecule has 28 heavy (non-hydrogen) atoms. The molecule has 1 aliphatic rings. The van der Waals surface area contributed by atoms with E-state index in [0.29, 0.717) is 36.0 Å². The van der Waals surface area contributed by atoms with Crippen molar-refractivity contribution in [2.75, 3.05) is 18.5 Å². The number of carbonyl (C=O) groups is 1. The highest BCUT2D eigenvalue weighted by molar-refractivity contribution is 7.21. The molecule has 5 nitrogen and oxygen atoms in total. The van der Waals surface area contributed by atoms with Crippen LogP contribution in [0.15, 0.2) is 66.7 Å². The summed E-state index contributed by atoms with van der Waals surface area (Å²) in [6.07, 6.45) is 0. The molecule has 5 rings (SSSR count). The van der Waals surface area contributed by atoms with Crippen molar-refractivity contribution in [1.82, 2.24) is 4.98 Å². The van der Waals surface area contributed by atoms with Crippen molar-refractivity contribution in [3.05, 3.63) is 72.3 Å². The number of aromatic nitrogens is 1. The molecular weight excluding hydrogens is 372 g/mol. The predicted octanol–water partition coefficient (Wildman–Crippen LogP) is 4.99. The minimum Gasteiger partial charge on any atom is -0.486 e. The van der Waals surface area contributed by atoms with E-state index in [1.165, 1.54) is 0 Å². The average Bonchev–Trinajstić information content (AvgIpc) is 3.18. The summed E-state index contributed by atoms with van der Waals surface area (Å²) < 4.78 is 12.3. The monoisotopic (exact) mass is 388 g/mol. The maximum atomic E-state index is 12.7. The first-order valence-electron chi connectivity index (χ1n) is 8.94. The fraction of sp³-hybridized carbons (Fsp3) is 0.0909. The molecule has 0 spiro atoms. The fourth-order valence-electron chi connectivity index (χ4n) is 3.14. The van der Waals surface area contributed by atoms with Crippen LogP contribution < -0.4 is 14.8 Å². The van der Waals surface area contributed by atoms with Crippen molar-refractivity contribution in [2.45, 2.75) is 0 Å². The van der Waals surface area contributed by atoms with Crippen molar-refractivity contribution in [3.8, 4) is 22.1 Å². The molecule has 1 amide bonds. The second kappa shape index (κ2) is 6.98. The van der Waals surface area contributed by atoms with Gasteiger partial charge in [0.05, 0.1) is 15.8 Å². The van der Waals surface area contributed by atoms with Crippen molar-refractivity contribution in [2.24, 2.45) is 0 Å². The van der Waals surface area contributed by atoms with E-state index in [1.807, 2.05) is 42.5 Å². The second-order valence-corrected chi connectivity index (χ2v) is 7.38. The number of nitrogens with one attached hydrogen (secondary N) is 1. The molecule has 0 bridgehead atoms. The minimum atomic E-state index is -0.227. The summed E-state index contributed by atoms with van der Waals surface area (Å²) in [6.45, 7) is 0.930. The third-order valence-corrected chi connectivity index (χ3v) is 5.58. The third kappa shape index (κ3) is 3.08. The lowest BCUT2D eigenvalue weighted by Gasteiger charge is -2.20. The minimum absolute atomic E-state index is 0.227. The zero-order valence-electron chi connectivity index (χ0n) is 14.8. The van der Waals surface area contributed by atoms with Crippen LogP contribution in [-0.4, -0.2) is 24.1 Å². The Bertz CT molecular complexity index is 1140. The van der Waals surface area contributed by atoms with Crippen molar-refractivity contribution < 1.29 is 14.3 Å². The molecule has 3 aromatic carbocycles. The Hall–Kier alpha value is -3.38. The number of carbonyl (C=O) groups excluding carboxylic acids is 1. The molecular formula is C22H16N2O3S. The summed E-state index contributed by atoms with van der Waals surface area (Å²) in [5, 5.41) is 3.88. The van der Waals surface area contributed by atoms with E-state index in [4.69, 9.17) is 9.47 Å². The number of fused-ring (bicyclic) bond motifs is 2. The summed E-state index contributed by atoms with van der Waals surface area (Å²) in [6, 6.07) is 21.1. The maximum absolute atomic E-state index is 12.7. The Morgan fingerprint density at radius 1 is 0.929 bits per heavy atom. The highest BCUT2D eigenvalue weighted by Crippen LogP contribution is 2.34. The molecule has 0 fully saturated rings. The Morgan fingerprint density at radius 3 is 2.61 bits per heavy atom. The van der Waals surface area contributed by atoms with Crippen LogP contribution in [0, 0.1) is 0 Å². The Labute approximate surface area is 165 Å². The van der Waals surface area contributed by atoms with Gasteiger partial charge in [0.25, 0.3) is 5.91 Å². The molecule has 0 aliphatic carbocycles. The largest absolute Gasteiger partial charge is 0.486 e. The van der Waals surface area contributed by atoms with Gasteiger partial charge >= 0.3 is 0 Å². The third-order valence-electron chi connectivity index (χ3n) is 4.49. The molecule has 1 N–H and O–H groups in total. The van der Waals surface area contributed by atoms with Crippen LogP contribution >= 0.6 is 11.3 Å². The van der Waals surface area contributed by atoms with Gasteiger partial charge in [-0.3, -0.25) is 4.79 Å². The predicted molar refractivity (Wildman–Crippen MR) is 110 cm³/mol. The van der Waals surface area contributed by atoms with Gasteiger partial charge in [0.1, 0.15) is 18.2 Å². The van der Waals surface area contributed by atoms with Gasteiger partial charge in [-0.1, -0.05) is 18.2 Å². The zero-order valence-corrected chi connectivity index (χ0v) is 15.7. The first-order chi connectivity index (χ1) is 13.8. The number of anilines is 1. The average molecular weight is 388 g/mol. The van der Waals surface area contributed by atoms with Gasteiger partial charge in [0.15, 0.2) is 11.5 Å². The molecule has 1 aromatic heterocycles. The number of ether oxygens (including phenoxy) is 2. The molecule has 4 aromatic rings. The maximum Gasteiger partial charge on any atom is 0.259 e. The van der Waals surface area contributed by atoms with E-state index in [1.54, 1.807) is 29.5 Å². The fourth-order valence-corrected chi connectivity index (χ4v) is 4.11. The van der Waals surface area contributed by atoms with E-state index in [-0.39, 0.29) is 5.91 Å². The second-order valence-electron chi connectivity index (χ2n) is 6.35. The zero-order chi connectivity index (χ0) is 18.9. The molecule has 2 heterocycles. The number of hydrogen-bond acceptors (Lipinski definition) is 5. The number of para-hydroxylation sites is 2. The van der Waals surface area contributed by atoms with Crippen molar-refractivity contribution in [3.63, 3.8) is 0 Å². The normalized spacial score (nSPS) is 12.7. The van der Waals surface area contributed by atoms with E-state index in [2.05, 4.69) is 16.4 Å². The summed E-state index contributed by atoms with van der Waals surface area (Å²) in [5.74, 6) is 0.873. The number of benzene rings is 3. The van der Waals surface area contributed by atoms with Gasteiger partial charge in [0, 0.05) is 11.3 Å². The summed E-state index contributed by atoms with van der Waals surface area (Å²) in [5.41, 5.74) is 3.20. The van der Waals surface area contributed by atoms with Gasteiger partial charge in [-0.25, -0.2) is 4.98 Å². The van der Waals surface area contributed by atoms with Crippen LogP contribution in [0.4, 0.5) is 5.69 Å². The van der Waals surface area contributed by atoms with Crippen LogP contribution in [0.25, 0.3) is 20.8 Å². The number of nitrogens with zero attached hydrogens (tertiary/aromatic N) is 1. The lowest BCUT2D eigenvalue weighted by atomic mass is 10.1. The number of amides is 1. The van der Waals surface area contributed by atoms with Crippen molar-refractivity contribution >= 4 is 33.1 Å². The van der Waals surface area contributed by atoms with E-state index >= 15 is 0 Å². The van der Waals surface area contributed by atoms with E-state index in [9.17, 15) is 4.79 Å². The van der Waals surface area contributed by atoms with Gasteiger partial charge in [-0.2, -0.15) is 0 Å². The van der Waals surface area contributed by atoms with Gasteiger partial charge < -0.3 is 14.8 Å². The molecule has 1 aliphatic heterocycles. The first kappa shape index (κ1) is 16.8. The Balaban J connectivity index is 1.37. The molecule has 0 radical (unpaired) electrons. The molecule has 0 unspecified atom stereocenters. The number of rotatable bonds is 3. The number of hydrogen-bond donors (Lipinski definition) is 1. The van der Waals surface area contributed by atoms with E-state index in [0.717, 1.165) is 20.8 Å². The van der Waals surface area contributed by atoms with Crippen LogP contribution in [0.3, 0.4) is 0 Å². The standard InChI is InChI=1S/C22H16N2O3S/c25-21(16-4-3-6-18-20(16)27-13-12-26-18)23-15-10-8-14(9-11-15)22-24-17-5-1-2-7-19(17)28-22/h1-11H,12-13H2,(H,23,25). The van der Waals surface area contributed by atoms with Crippen LogP contribution in [0.2, 0.25) is 0 Å². The Kier molecular flexibility index (Phi) is 4.18. The van der Waals surface area contributed by atoms with E-state index < -0.39 is 0 Å². The topological polar surface area (TPSA) is 60.5 Å². The SMILES string of the molecule is O=C(Nc1ccc(-c2nc3ccccc3s2)cc1)c1cccc2c1OCCO2. The first-order valence-corrected chi connectivity index (χ1v) is 9.75. The van der Waals surface area contributed by atoms with Crippen LogP contribution in [0.1, 0.15) is 10.4 Å². The number of thiazole rings is 1. The lowest BCUT2D eigenvalue weighted by molar-refractivity contribution is 0.101. The smallest absolute Gasteiger partial charge is 0.259 e. The highest BCUT2D eigenvalue weighted by Gasteiger charge is 2.20. The summed E-state index contributed by atoms with van der Waals surface area (Å²) in [4.78, 5) is 17.4. The van der Waals surface area contributed by atoms with Gasteiger partial charge in [0.2, 0.25) is 0 Å². The molecule has 0 saturated carbocycles. The quantitative estimate of drug-likeness (QED) is 0.537. The van der Waals surface area contributed by atoms with Crippen LogP contribution in [0.5, 0.6) is 11.5 Å². The van der Waals surface area contributed by atoms with Crippen molar-refractivity contribution in [1.29, 1.82) is 0 Å². The van der Waals surface area contributed by atoms with Gasteiger partial charge in [-0.05, 0) is 48.5 Å². The van der Waals surface area contributed by atoms with Crippen LogP contribution in [-0.2, 0) is 0 Å². The molecule has 0 saturated heterocycles. The highest BCUT2D eigenvalue weighted by atomic mass is 32.1. The Morgan fingerprint density at radius 2 is 1.75 bits per heavy atom. The van der Waals surface area contributed by atoms with Gasteiger partial charge in [-0.15, -0.1) is 11.3 Å².